The number of aryl methyl sites for hydroxylation is 2. The summed E-state index contributed by atoms with van der Waals surface area (Å²) in [6.07, 6.45) is -0.131. The number of rotatable bonds is 7. The van der Waals surface area contributed by atoms with Crippen molar-refractivity contribution >= 4 is 27.7 Å². The first-order valence-corrected chi connectivity index (χ1v) is 10.6. The van der Waals surface area contributed by atoms with Crippen molar-refractivity contribution in [2.75, 3.05) is 32.8 Å². The Morgan fingerprint density at radius 1 is 1.04 bits per heavy atom. The highest BCUT2D eigenvalue weighted by atomic mass is 32.2. The van der Waals surface area contributed by atoms with Gasteiger partial charge in [-0.25, -0.2) is 8.42 Å². The first kappa shape index (κ1) is 22.0. The van der Waals surface area contributed by atoms with Crippen LogP contribution in [0.15, 0.2) is 23.1 Å². The van der Waals surface area contributed by atoms with E-state index in [2.05, 4.69) is 0 Å². The maximum atomic E-state index is 12.9. The average Bonchev–Trinajstić information content (AvgIpc) is 2.66. The molecule has 1 aromatic carbocycles. The van der Waals surface area contributed by atoms with E-state index in [-0.39, 0.29) is 57.3 Å². The second-order valence-corrected chi connectivity index (χ2v) is 8.82. The van der Waals surface area contributed by atoms with Crippen LogP contribution in [0.4, 0.5) is 0 Å². The van der Waals surface area contributed by atoms with Gasteiger partial charge < -0.3 is 9.64 Å². The molecule has 0 aliphatic carbocycles. The van der Waals surface area contributed by atoms with Gasteiger partial charge in [0.15, 0.2) is 5.78 Å². The monoisotopic (exact) mass is 410 g/mol. The molecule has 0 unspecified atom stereocenters. The van der Waals surface area contributed by atoms with E-state index < -0.39 is 16.0 Å². The zero-order valence-corrected chi connectivity index (χ0v) is 17.3. The van der Waals surface area contributed by atoms with Gasteiger partial charge in [-0.15, -0.1) is 0 Å². The fraction of sp³-hybridized carbons (Fsp3) is 0.526. The number of benzene rings is 1. The molecular weight excluding hydrogens is 384 g/mol. The van der Waals surface area contributed by atoms with Crippen LogP contribution in [0.2, 0.25) is 0 Å². The molecule has 1 aliphatic heterocycles. The van der Waals surface area contributed by atoms with Gasteiger partial charge in [0.05, 0.1) is 11.3 Å². The second kappa shape index (κ2) is 9.29. The Bertz CT molecular complexity index is 857. The van der Waals surface area contributed by atoms with E-state index in [1.165, 1.54) is 11.2 Å². The SMILES string of the molecule is CC(=O)COC(=O)CCC(=O)N1CCN(S(=O)(=O)c2cc(C)ccc2C)CC1. The van der Waals surface area contributed by atoms with Crippen molar-refractivity contribution in [2.24, 2.45) is 0 Å². The van der Waals surface area contributed by atoms with Gasteiger partial charge in [0.25, 0.3) is 0 Å². The number of nitrogens with zero attached hydrogens (tertiary/aromatic N) is 2. The van der Waals surface area contributed by atoms with Gasteiger partial charge in [0.1, 0.15) is 6.61 Å². The highest BCUT2D eigenvalue weighted by molar-refractivity contribution is 7.89. The minimum Gasteiger partial charge on any atom is -0.458 e. The van der Waals surface area contributed by atoms with Crippen LogP contribution < -0.4 is 0 Å². The lowest BCUT2D eigenvalue weighted by Gasteiger charge is -2.34. The highest BCUT2D eigenvalue weighted by Crippen LogP contribution is 2.22. The number of ether oxygens (including phenoxy) is 1. The molecule has 2 rings (SSSR count). The third-order valence-corrected chi connectivity index (χ3v) is 6.57. The molecule has 0 N–H and O–H groups in total. The second-order valence-electron chi connectivity index (χ2n) is 6.92. The molecule has 1 fully saturated rings. The molecule has 1 aromatic rings. The number of esters is 1. The lowest BCUT2D eigenvalue weighted by Crippen LogP contribution is -2.50. The highest BCUT2D eigenvalue weighted by Gasteiger charge is 2.31. The van der Waals surface area contributed by atoms with Crippen molar-refractivity contribution < 1.29 is 27.5 Å². The maximum Gasteiger partial charge on any atom is 0.306 e. The number of Topliss-reactive ketones (excluding diaryl/α,β-unsaturated/α-hetero) is 1. The third-order valence-electron chi connectivity index (χ3n) is 4.53. The van der Waals surface area contributed by atoms with Gasteiger partial charge in [-0.1, -0.05) is 12.1 Å². The van der Waals surface area contributed by atoms with Gasteiger partial charge in [-0.3, -0.25) is 14.4 Å². The zero-order valence-electron chi connectivity index (χ0n) is 16.4. The van der Waals surface area contributed by atoms with Crippen molar-refractivity contribution in [1.82, 2.24) is 9.21 Å². The standard InChI is InChI=1S/C19H26N2O6S/c1-14-4-5-15(2)17(12-14)28(25,26)21-10-8-20(9-11-21)18(23)6-7-19(24)27-13-16(3)22/h4-5,12H,6-11,13H2,1-3H3. The summed E-state index contributed by atoms with van der Waals surface area (Å²) in [4.78, 5) is 36.4. The molecule has 1 aliphatic rings. The molecule has 0 radical (unpaired) electrons. The zero-order chi connectivity index (χ0) is 20.9. The first-order chi connectivity index (χ1) is 13.1. The fourth-order valence-electron chi connectivity index (χ4n) is 2.92. The molecule has 1 heterocycles. The molecule has 8 nitrogen and oxygen atoms in total. The van der Waals surface area contributed by atoms with Gasteiger partial charge in [0, 0.05) is 32.6 Å². The van der Waals surface area contributed by atoms with Crippen molar-refractivity contribution in [3.8, 4) is 0 Å². The number of hydrogen-bond donors (Lipinski definition) is 0. The smallest absolute Gasteiger partial charge is 0.306 e. The first-order valence-electron chi connectivity index (χ1n) is 9.11. The van der Waals surface area contributed by atoms with E-state index in [4.69, 9.17) is 4.74 Å². The number of piperazine rings is 1. The van der Waals surface area contributed by atoms with Crippen LogP contribution in [-0.2, 0) is 29.1 Å². The van der Waals surface area contributed by atoms with Crippen molar-refractivity contribution in [1.29, 1.82) is 0 Å². The normalized spacial score (nSPS) is 15.3. The van der Waals surface area contributed by atoms with E-state index in [9.17, 15) is 22.8 Å². The Kier molecular flexibility index (Phi) is 7.31. The van der Waals surface area contributed by atoms with Gasteiger partial charge in [0.2, 0.25) is 15.9 Å². The van der Waals surface area contributed by atoms with E-state index in [1.54, 1.807) is 24.0 Å². The molecule has 9 heteroatoms. The van der Waals surface area contributed by atoms with E-state index in [0.29, 0.717) is 10.5 Å². The molecule has 1 amide bonds. The summed E-state index contributed by atoms with van der Waals surface area (Å²) in [6, 6.07) is 5.31. The molecule has 0 aromatic heterocycles. The Labute approximate surface area is 165 Å². The summed E-state index contributed by atoms with van der Waals surface area (Å²) in [5.41, 5.74) is 1.56. The quantitative estimate of drug-likeness (QED) is 0.623. The summed E-state index contributed by atoms with van der Waals surface area (Å²) in [6.45, 7) is 5.57. The lowest BCUT2D eigenvalue weighted by molar-refractivity contribution is -0.149. The predicted molar refractivity (Wildman–Crippen MR) is 102 cm³/mol. The molecule has 0 bridgehead atoms. The fourth-order valence-corrected chi connectivity index (χ4v) is 4.66. The largest absolute Gasteiger partial charge is 0.458 e. The Morgan fingerprint density at radius 3 is 2.29 bits per heavy atom. The maximum absolute atomic E-state index is 12.9. The summed E-state index contributed by atoms with van der Waals surface area (Å²) < 4.78 is 31.9. The van der Waals surface area contributed by atoms with Crippen LogP contribution in [0, 0.1) is 13.8 Å². The van der Waals surface area contributed by atoms with Crippen LogP contribution in [0.5, 0.6) is 0 Å². The molecule has 154 valence electrons. The number of sulfonamides is 1. The lowest BCUT2D eigenvalue weighted by atomic mass is 10.2. The topological polar surface area (TPSA) is 101 Å². The van der Waals surface area contributed by atoms with Crippen molar-refractivity contribution in [3.05, 3.63) is 29.3 Å². The van der Waals surface area contributed by atoms with Crippen LogP contribution in [0.1, 0.15) is 30.9 Å². The number of ketones is 1. The van der Waals surface area contributed by atoms with E-state index >= 15 is 0 Å². The molecule has 28 heavy (non-hydrogen) atoms. The minimum atomic E-state index is -3.62. The van der Waals surface area contributed by atoms with Crippen LogP contribution >= 0.6 is 0 Å². The summed E-state index contributed by atoms with van der Waals surface area (Å²) in [5, 5.41) is 0. The van der Waals surface area contributed by atoms with E-state index in [0.717, 1.165) is 5.56 Å². The van der Waals surface area contributed by atoms with E-state index in [1.807, 2.05) is 13.0 Å². The Morgan fingerprint density at radius 2 is 1.68 bits per heavy atom. The molecule has 0 spiro atoms. The Hall–Kier alpha value is -2.26. The summed E-state index contributed by atoms with van der Waals surface area (Å²) in [7, 11) is -3.62. The molecule has 0 atom stereocenters. The van der Waals surface area contributed by atoms with Gasteiger partial charge in [-0.2, -0.15) is 4.31 Å². The summed E-state index contributed by atoms with van der Waals surface area (Å²) in [5.74, 6) is -1.09. The van der Waals surface area contributed by atoms with Crippen LogP contribution in [0.3, 0.4) is 0 Å². The number of carbonyl (C=O) groups excluding carboxylic acids is 3. The van der Waals surface area contributed by atoms with Crippen molar-refractivity contribution in [3.63, 3.8) is 0 Å². The average molecular weight is 410 g/mol. The number of hydrogen-bond acceptors (Lipinski definition) is 6. The minimum absolute atomic E-state index is 0.0273. The predicted octanol–water partition coefficient (Wildman–Crippen LogP) is 1.05. The molecule has 0 saturated carbocycles. The molecule has 1 saturated heterocycles. The summed E-state index contributed by atoms with van der Waals surface area (Å²) >= 11 is 0. The van der Waals surface area contributed by atoms with Crippen LogP contribution in [-0.4, -0.2) is 68.1 Å². The van der Waals surface area contributed by atoms with Crippen molar-refractivity contribution in [2.45, 2.75) is 38.5 Å². The third kappa shape index (κ3) is 5.62. The molecular formula is C19H26N2O6S. The van der Waals surface area contributed by atoms with Gasteiger partial charge >= 0.3 is 5.97 Å². The van der Waals surface area contributed by atoms with Crippen LogP contribution in [0.25, 0.3) is 0 Å². The number of carbonyl (C=O) groups is 3. The Balaban J connectivity index is 1.89. The number of amides is 1. The van der Waals surface area contributed by atoms with Gasteiger partial charge in [-0.05, 0) is 38.0 Å².